The molecule has 1 unspecified atom stereocenters. The fourth-order valence-corrected chi connectivity index (χ4v) is 1.59. The molecule has 6 nitrogen and oxygen atoms in total. The van der Waals surface area contributed by atoms with Crippen molar-refractivity contribution in [2.24, 2.45) is 0 Å². The number of anilines is 1. The number of nitriles is 1. The first-order chi connectivity index (χ1) is 8.53. The van der Waals surface area contributed by atoms with Crippen LogP contribution in [0.2, 0.25) is 0 Å². The van der Waals surface area contributed by atoms with Crippen molar-refractivity contribution in [3.8, 4) is 6.07 Å². The van der Waals surface area contributed by atoms with Crippen molar-refractivity contribution in [3.05, 3.63) is 23.0 Å². The van der Waals surface area contributed by atoms with Gasteiger partial charge in [-0.15, -0.1) is 0 Å². The van der Waals surface area contributed by atoms with E-state index in [0.717, 1.165) is 5.69 Å². The Morgan fingerprint density at radius 1 is 1.67 bits per heavy atom. The second-order valence-electron chi connectivity index (χ2n) is 3.79. The van der Waals surface area contributed by atoms with E-state index >= 15 is 0 Å². The zero-order chi connectivity index (χ0) is 13.7. The average molecular weight is 249 g/mol. The van der Waals surface area contributed by atoms with E-state index in [9.17, 15) is 4.79 Å². The molecule has 0 spiro atoms. The molecule has 96 valence electrons. The number of hydrogen-bond acceptors (Lipinski definition) is 6. The van der Waals surface area contributed by atoms with Crippen LogP contribution in [0, 0.1) is 25.2 Å². The van der Waals surface area contributed by atoms with Crippen molar-refractivity contribution in [3.63, 3.8) is 0 Å². The molecule has 0 saturated carbocycles. The maximum atomic E-state index is 11.4. The van der Waals surface area contributed by atoms with E-state index in [0.29, 0.717) is 16.9 Å². The van der Waals surface area contributed by atoms with Gasteiger partial charge in [-0.25, -0.2) is 4.79 Å². The summed E-state index contributed by atoms with van der Waals surface area (Å²) < 4.78 is 4.55. The van der Waals surface area contributed by atoms with Crippen LogP contribution >= 0.6 is 0 Å². The van der Waals surface area contributed by atoms with Gasteiger partial charge in [0.25, 0.3) is 0 Å². The van der Waals surface area contributed by atoms with Gasteiger partial charge < -0.3 is 15.2 Å². The molecule has 1 aromatic rings. The maximum absolute atomic E-state index is 11.4. The van der Waals surface area contributed by atoms with Crippen LogP contribution in [0.1, 0.15) is 17.0 Å². The predicted octanol–water partition coefficient (Wildman–Crippen LogP) is 0.516. The Morgan fingerprint density at radius 2 is 2.33 bits per heavy atom. The van der Waals surface area contributed by atoms with Crippen LogP contribution in [0.25, 0.3) is 0 Å². The number of rotatable bonds is 4. The van der Waals surface area contributed by atoms with Crippen LogP contribution in [0.4, 0.5) is 5.69 Å². The summed E-state index contributed by atoms with van der Waals surface area (Å²) in [5.74, 6) is -0.589. The van der Waals surface area contributed by atoms with E-state index in [2.05, 4.69) is 15.0 Å². The Kier molecular flexibility index (Phi) is 4.63. The highest BCUT2D eigenvalue weighted by atomic mass is 16.5. The van der Waals surface area contributed by atoms with Crippen LogP contribution in [0.3, 0.4) is 0 Å². The van der Waals surface area contributed by atoms with E-state index in [1.54, 1.807) is 19.9 Å². The molecule has 0 saturated heterocycles. The van der Waals surface area contributed by atoms with Crippen LogP contribution < -0.4 is 5.32 Å². The largest absolute Gasteiger partial charge is 0.467 e. The van der Waals surface area contributed by atoms with Gasteiger partial charge in [-0.2, -0.15) is 5.26 Å². The summed E-state index contributed by atoms with van der Waals surface area (Å²) in [6, 6.07) is 2.77. The maximum Gasteiger partial charge on any atom is 0.330 e. The lowest BCUT2D eigenvalue weighted by molar-refractivity contribution is -0.142. The molecule has 0 aliphatic heterocycles. The second-order valence-corrected chi connectivity index (χ2v) is 3.79. The number of pyridine rings is 1. The second kappa shape index (κ2) is 5.98. The molecule has 1 heterocycles. The third kappa shape index (κ3) is 2.96. The zero-order valence-electron chi connectivity index (χ0n) is 10.5. The molecule has 0 fully saturated rings. The van der Waals surface area contributed by atoms with Gasteiger partial charge in [-0.1, -0.05) is 0 Å². The highest BCUT2D eigenvalue weighted by Gasteiger charge is 2.20. The first-order valence-corrected chi connectivity index (χ1v) is 5.37. The van der Waals surface area contributed by atoms with Gasteiger partial charge in [0.2, 0.25) is 0 Å². The number of aliphatic hydroxyl groups excluding tert-OH is 1. The zero-order valence-corrected chi connectivity index (χ0v) is 10.5. The van der Waals surface area contributed by atoms with Gasteiger partial charge in [-0.3, -0.25) is 4.98 Å². The topological polar surface area (TPSA) is 95.2 Å². The molecule has 2 N–H and O–H groups in total. The molecule has 0 aliphatic rings. The van der Waals surface area contributed by atoms with Crippen molar-refractivity contribution < 1.29 is 14.6 Å². The Hall–Kier alpha value is -2.13. The number of ether oxygens (including phenoxy) is 1. The lowest BCUT2D eigenvalue weighted by Crippen LogP contribution is -2.34. The minimum atomic E-state index is -0.900. The van der Waals surface area contributed by atoms with E-state index in [1.165, 1.54) is 7.11 Å². The molecule has 0 aromatic carbocycles. The smallest absolute Gasteiger partial charge is 0.330 e. The van der Waals surface area contributed by atoms with Crippen molar-refractivity contribution in [1.82, 2.24) is 4.98 Å². The monoisotopic (exact) mass is 249 g/mol. The van der Waals surface area contributed by atoms with Gasteiger partial charge in [0, 0.05) is 5.69 Å². The van der Waals surface area contributed by atoms with Crippen LogP contribution in [-0.4, -0.2) is 35.8 Å². The summed E-state index contributed by atoms with van der Waals surface area (Å²) in [7, 11) is 1.24. The molecular formula is C12H15N3O3. The highest BCUT2D eigenvalue weighted by Crippen LogP contribution is 2.19. The van der Waals surface area contributed by atoms with E-state index in [4.69, 9.17) is 10.4 Å². The number of methoxy groups -OCH3 is 1. The summed E-state index contributed by atoms with van der Waals surface area (Å²) >= 11 is 0. The van der Waals surface area contributed by atoms with E-state index in [1.807, 2.05) is 6.07 Å². The van der Waals surface area contributed by atoms with Crippen molar-refractivity contribution in [2.45, 2.75) is 19.9 Å². The molecule has 0 radical (unpaired) electrons. The molecule has 0 bridgehead atoms. The molecule has 1 atom stereocenters. The Morgan fingerprint density at radius 3 is 2.83 bits per heavy atom. The summed E-state index contributed by atoms with van der Waals surface area (Å²) in [5.41, 5.74) is 2.10. The number of carbonyl (C=O) groups is 1. The first kappa shape index (κ1) is 13.9. The number of aryl methyl sites for hydroxylation is 2. The standard InChI is InChI=1S/C12H15N3O3/c1-7-4-10(9(5-13)8(2)14-7)15-11(6-16)12(17)18-3/h4,11,16H,6H2,1-3H3,(H,14,15). The van der Waals surface area contributed by atoms with Crippen molar-refractivity contribution in [2.75, 3.05) is 19.0 Å². The van der Waals surface area contributed by atoms with Gasteiger partial charge in [0.15, 0.2) is 0 Å². The molecule has 1 rings (SSSR count). The normalized spacial score (nSPS) is 11.5. The molecule has 0 aliphatic carbocycles. The third-order valence-electron chi connectivity index (χ3n) is 2.44. The van der Waals surface area contributed by atoms with E-state index in [-0.39, 0.29) is 0 Å². The highest BCUT2D eigenvalue weighted by molar-refractivity contribution is 5.80. The number of carbonyl (C=O) groups excluding carboxylic acids is 1. The summed E-state index contributed by atoms with van der Waals surface area (Å²) in [5, 5.41) is 21.0. The Bertz CT molecular complexity index is 494. The number of hydrogen-bond donors (Lipinski definition) is 2. The number of aromatic nitrogens is 1. The quantitative estimate of drug-likeness (QED) is 0.755. The Balaban J connectivity index is 3.10. The third-order valence-corrected chi connectivity index (χ3v) is 2.44. The molecule has 0 amide bonds. The van der Waals surface area contributed by atoms with Gasteiger partial charge in [0.05, 0.1) is 30.7 Å². The van der Waals surface area contributed by atoms with Gasteiger partial charge >= 0.3 is 5.97 Å². The lowest BCUT2D eigenvalue weighted by atomic mass is 10.1. The fourth-order valence-electron chi connectivity index (χ4n) is 1.59. The van der Waals surface area contributed by atoms with E-state index < -0.39 is 18.6 Å². The number of aliphatic hydroxyl groups is 1. The van der Waals surface area contributed by atoms with Crippen LogP contribution in [0.15, 0.2) is 6.07 Å². The lowest BCUT2D eigenvalue weighted by Gasteiger charge is -2.17. The summed E-state index contributed by atoms with van der Waals surface area (Å²) in [6.45, 7) is 3.08. The summed E-state index contributed by atoms with van der Waals surface area (Å²) in [6.07, 6.45) is 0. The molecule has 18 heavy (non-hydrogen) atoms. The number of esters is 1. The van der Waals surface area contributed by atoms with Gasteiger partial charge in [0.1, 0.15) is 12.1 Å². The minimum absolute atomic E-state index is 0.350. The molecule has 6 heteroatoms. The van der Waals surface area contributed by atoms with Gasteiger partial charge in [-0.05, 0) is 19.9 Å². The minimum Gasteiger partial charge on any atom is -0.467 e. The fraction of sp³-hybridized carbons (Fsp3) is 0.417. The predicted molar refractivity (Wildman–Crippen MR) is 64.9 cm³/mol. The van der Waals surface area contributed by atoms with Crippen molar-refractivity contribution >= 4 is 11.7 Å². The van der Waals surface area contributed by atoms with Crippen molar-refractivity contribution in [1.29, 1.82) is 5.26 Å². The SMILES string of the molecule is COC(=O)C(CO)Nc1cc(C)nc(C)c1C#N. The number of nitrogens with one attached hydrogen (secondary N) is 1. The Labute approximate surface area is 105 Å². The average Bonchev–Trinajstić information content (AvgIpc) is 2.34. The van der Waals surface area contributed by atoms with Crippen LogP contribution in [-0.2, 0) is 9.53 Å². The molecule has 1 aromatic heterocycles. The first-order valence-electron chi connectivity index (χ1n) is 5.37. The van der Waals surface area contributed by atoms with Crippen LogP contribution in [0.5, 0.6) is 0 Å². The number of nitrogens with zero attached hydrogens (tertiary/aromatic N) is 2. The molecular weight excluding hydrogens is 234 g/mol. The summed E-state index contributed by atoms with van der Waals surface area (Å²) in [4.78, 5) is 15.5.